The number of carbonyl (C=O) groups excluding carboxylic acids is 2. The number of hydrogen-bond donors (Lipinski definition) is 1. The maximum Gasteiger partial charge on any atom is 0.241 e. The molecule has 1 aliphatic heterocycles. The second-order valence-electron chi connectivity index (χ2n) is 7.69. The number of rotatable bonds is 6. The summed E-state index contributed by atoms with van der Waals surface area (Å²) >= 11 is 1.38. The number of fused-ring (bicyclic) bond motifs is 1. The number of nitrogens with zero attached hydrogens (tertiary/aromatic N) is 1. The molecule has 3 aromatic rings. The van der Waals surface area contributed by atoms with Gasteiger partial charge in [-0.1, -0.05) is 43.3 Å². The van der Waals surface area contributed by atoms with Gasteiger partial charge in [-0.3, -0.25) is 9.59 Å². The van der Waals surface area contributed by atoms with Crippen molar-refractivity contribution in [3.8, 4) is 0 Å². The van der Waals surface area contributed by atoms with Crippen molar-refractivity contribution in [2.75, 3.05) is 4.90 Å². The van der Waals surface area contributed by atoms with Crippen molar-refractivity contribution < 1.29 is 18.4 Å². The molecule has 0 spiro atoms. The van der Waals surface area contributed by atoms with E-state index in [9.17, 15) is 18.4 Å². The molecule has 0 aromatic heterocycles. The lowest BCUT2D eigenvalue weighted by atomic mass is 10.0. The van der Waals surface area contributed by atoms with E-state index in [2.05, 4.69) is 5.32 Å². The fourth-order valence-corrected chi connectivity index (χ4v) is 4.87. The topological polar surface area (TPSA) is 49.4 Å². The van der Waals surface area contributed by atoms with Gasteiger partial charge in [0.15, 0.2) is 0 Å². The van der Waals surface area contributed by atoms with Crippen LogP contribution in [0.3, 0.4) is 0 Å². The Hall–Kier alpha value is -3.19. The lowest BCUT2D eigenvalue weighted by molar-refractivity contribution is -0.128. The Kier molecular flexibility index (Phi) is 6.55. The second kappa shape index (κ2) is 9.53. The number of hydrogen-bond acceptors (Lipinski definition) is 3. The average molecular weight is 453 g/mol. The van der Waals surface area contributed by atoms with Crippen LogP contribution in [0.5, 0.6) is 0 Å². The van der Waals surface area contributed by atoms with E-state index in [0.717, 1.165) is 21.7 Å². The van der Waals surface area contributed by atoms with Crippen LogP contribution in [0.1, 0.15) is 18.1 Å². The lowest BCUT2D eigenvalue weighted by Crippen LogP contribution is -2.47. The molecule has 0 saturated carbocycles. The Balaban J connectivity index is 1.51. The highest BCUT2D eigenvalue weighted by atomic mass is 32.2. The van der Waals surface area contributed by atoms with Gasteiger partial charge >= 0.3 is 0 Å². The lowest BCUT2D eigenvalue weighted by Gasteiger charge is -2.35. The summed E-state index contributed by atoms with van der Waals surface area (Å²) in [7, 11) is 0. The number of nitrogens with one attached hydrogen (secondary N) is 1. The molecule has 3 aromatic carbocycles. The molecule has 32 heavy (non-hydrogen) atoms. The van der Waals surface area contributed by atoms with Crippen LogP contribution in [-0.4, -0.2) is 17.1 Å². The Morgan fingerprint density at radius 3 is 2.22 bits per heavy atom. The van der Waals surface area contributed by atoms with E-state index in [1.54, 1.807) is 36.1 Å². The number of amides is 2. The van der Waals surface area contributed by atoms with Crippen LogP contribution in [-0.2, 0) is 22.7 Å². The number of halogens is 2. The molecule has 4 rings (SSSR count). The summed E-state index contributed by atoms with van der Waals surface area (Å²) in [5.41, 5.74) is 2.36. The van der Waals surface area contributed by atoms with Gasteiger partial charge in [-0.2, -0.15) is 0 Å². The number of para-hydroxylation sites is 1. The van der Waals surface area contributed by atoms with E-state index >= 15 is 0 Å². The largest absolute Gasteiger partial charge is 0.352 e. The molecule has 0 radical (unpaired) electrons. The Morgan fingerprint density at radius 1 is 0.969 bits per heavy atom. The maximum atomic E-state index is 13.4. The van der Waals surface area contributed by atoms with Crippen molar-refractivity contribution in [2.45, 2.75) is 30.2 Å². The minimum absolute atomic E-state index is 0.164. The normalized spacial score (nSPS) is 16.4. The van der Waals surface area contributed by atoms with Crippen LogP contribution in [0.15, 0.2) is 77.7 Å². The van der Waals surface area contributed by atoms with Crippen molar-refractivity contribution in [1.82, 2.24) is 5.32 Å². The molecular formula is C25H22F2N2O2S. The van der Waals surface area contributed by atoms with Gasteiger partial charge in [-0.25, -0.2) is 8.78 Å². The van der Waals surface area contributed by atoms with E-state index in [1.165, 1.54) is 36.0 Å². The van der Waals surface area contributed by atoms with Crippen molar-refractivity contribution in [1.29, 1.82) is 0 Å². The molecule has 4 nitrogen and oxygen atoms in total. The van der Waals surface area contributed by atoms with Gasteiger partial charge in [-0.15, -0.1) is 11.8 Å². The smallest absolute Gasteiger partial charge is 0.241 e. The predicted octanol–water partition coefficient (Wildman–Crippen LogP) is 4.92. The first kappa shape index (κ1) is 22.0. The van der Waals surface area contributed by atoms with E-state index in [1.807, 2.05) is 24.3 Å². The van der Waals surface area contributed by atoms with Gasteiger partial charge in [-0.05, 0) is 47.5 Å². The quantitative estimate of drug-likeness (QED) is 0.577. The van der Waals surface area contributed by atoms with E-state index < -0.39 is 11.2 Å². The van der Waals surface area contributed by atoms with Crippen molar-refractivity contribution in [3.05, 3.63) is 95.6 Å². The molecule has 1 heterocycles. The summed E-state index contributed by atoms with van der Waals surface area (Å²) in [6.07, 6.45) is 0. The van der Waals surface area contributed by atoms with Crippen molar-refractivity contribution in [2.24, 2.45) is 5.92 Å². The van der Waals surface area contributed by atoms with Crippen molar-refractivity contribution in [3.63, 3.8) is 0 Å². The van der Waals surface area contributed by atoms with Gasteiger partial charge in [0.05, 0.1) is 18.2 Å². The zero-order valence-corrected chi connectivity index (χ0v) is 18.2. The van der Waals surface area contributed by atoms with Crippen LogP contribution in [0.25, 0.3) is 0 Å². The van der Waals surface area contributed by atoms with Crippen LogP contribution >= 0.6 is 11.8 Å². The minimum atomic E-state index is -0.599. The molecule has 164 valence electrons. The highest BCUT2D eigenvalue weighted by Crippen LogP contribution is 2.42. The van der Waals surface area contributed by atoms with Gasteiger partial charge in [0.1, 0.15) is 16.9 Å². The summed E-state index contributed by atoms with van der Waals surface area (Å²) in [6, 6.07) is 19.5. The fraction of sp³-hybridized carbons (Fsp3) is 0.200. The third kappa shape index (κ3) is 4.83. The number of carbonyl (C=O) groups is 2. The molecule has 0 bridgehead atoms. The zero-order chi connectivity index (χ0) is 22.7. The highest BCUT2D eigenvalue weighted by molar-refractivity contribution is 8.01. The standard InChI is InChI=1S/C25H22F2N2O2S/c1-16(24(30)28-14-17-6-10-19(26)11-7-17)23-25(31)29(15-18-8-12-20(27)13-9-18)21-4-2-3-5-22(21)32-23/h2-13,16,23H,14-15H2,1H3,(H,28,30)/t16-,23-/m0/s1. The van der Waals surface area contributed by atoms with Gasteiger partial charge < -0.3 is 10.2 Å². The van der Waals surface area contributed by atoms with Crippen LogP contribution in [0.2, 0.25) is 0 Å². The van der Waals surface area contributed by atoms with Crippen LogP contribution < -0.4 is 10.2 Å². The van der Waals surface area contributed by atoms with E-state index in [4.69, 9.17) is 0 Å². The summed E-state index contributed by atoms with van der Waals surface area (Å²) in [5.74, 6) is -1.67. The number of thioether (sulfide) groups is 1. The zero-order valence-electron chi connectivity index (χ0n) is 17.4. The summed E-state index contributed by atoms with van der Waals surface area (Å²) in [6.45, 7) is 2.28. The second-order valence-corrected chi connectivity index (χ2v) is 8.87. The van der Waals surface area contributed by atoms with Gasteiger partial charge in [0, 0.05) is 11.4 Å². The highest BCUT2D eigenvalue weighted by Gasteiger charge is 2.39. The van der Waals surface area contributed by atoms with E-state index in [-0.39, 0.29) is 36.5 Å². The first-order valence-corrected chi connectivity index (χ1v) is 11.1. The molecule has 1 aliphatic rings. The number of benzene rings is 3. The molecule has 0 saturated heterocycles. The third-order valence-corrected chi connectivity index (χ3v) is 6.88. The third-order valence-electron chi connectivity index (χ3n) is 5.42. The Bertz CT molecular complexity index is 1120. The van der Waals surface area contributed by atoms with Gasteiger partial charge in [0.2, 0.25) is 11.8 Å². The van der Waals surface area contributed by atoms with Crippen LogP contribution in [0, 0.1) is 17.6 Å². The molecule has 0 unspecified atom stereocenters. The van der Waals surface area contributed by atoms with Crippen molar-refractivity contribution >= 4 is 29.3 Å². The fourth-order valence-electron chi connectivity index (χ4n) is 3.58. The summed E-state index contributed by atoms with van der Waals surface area (Å²) in [5, 5.41) is 2.25. The molecule has 1 N–H and O–H groups in total. The first-order valence-electron chi connectivity index (χ1n) is 10.3. The number of anilines is 1. The first-order chi connectivity index (χ1) is 15.4. The van der Waals surface area contributed by atoms with Crippen LogP contribution in [0.4, 0.5) is 14.5 Å². The summed E-state index contributed by atoms with van der Waals surface area (Å²) < 4.78 is 26.4. The monoisotopic (exact) mass is 452 g/mol. The molecular weight excluding hydrogens is 430 g/mol. The SMILES string of the molecule is C[C@H](C(=O)NCc1ccc(F)cc1)[C@@H]1Sc2ccccc2N(Cc2ccc(F)cc2)C1=O. The van der Waals surface area contributed by atoms with Gasteiger partial charge in [0.25, 0.3) is 0 Å². The Morgan fingerprint density at radius 2 is 1.56 bits per heavy atom. The molecule has 0 aliphatic carbocycles. The Labute approximate surface area is 189 Å². The minimum Gasteiger partial charge on any atom is -0.352 e. The maximum absolute atomic E-state index is 13.4. The molecule has 2 amide bonds. The molecule has 7 heteroatoms. The average Bonchev–Trinajstić information content (AvgIpc) is 2.81. The summed E-state index contributed by atoms with van der Waals surface area (Å²) in [4.78, 5) is 28.8. The molecule has 0 fully saturated rings. The predicted molar refractivity (Wildman–Crippen MR) is 121 cm³/mol. The van der Waals surface area contributed by atoms with E-state index in [0.29, 0.717) is 0 Å². The molecule has 2 atom stereocenters.